The van der Waals surface area contributed by atoms with Gasteiger partial charge in [0.2, 0.25) is 0 Å². The van der Waals surface area contributed by atoms with Crippen LogP contribution in [-0.2, 0) is 17.6 Å². The van der Waals surface area contributed by atoms with Crippen molar-refractivity contribution in [1.29, 1.82) is 0 Å². The molecule has 0 spiro atoms. The van der Waals surface area contributed by atoms with Crippen molar-refractivity contribution in [3.8, 4) is 11.3 Å². The number of halogens is 3. The number of hydrogen-bond donors (Lipinski definition) is 1. The number of benzene rings is 1. The molecule has 1 heterocycles. The molecule has 140 valence electrons. The molecule has 0 fully saturated rings. The number of aryl methyl sites for hydroxylation is 1. The Balaban J connectivity index is 1.69. The Hall–Kier alpha value is -2.35. The minimum absolute atomic E-state index is 0.184. The maximum absolute atomic E-state index is 12.5. The Morgan fingerprint density at radius 1 is 1.35 bits per heavy atom. The first-order valence-corrected chi connectivity index (χ1v) is 8.41. The molecule has 8 heteroatoms. The molecule has 1 aromatic carbocycles. The summed E-state index contributed by atoms with van der Waals surface area (Å²) in [6, 6.07) is 7.22. The van der Waals surface area contributed by atoms with Crippen molar-refractivity contribution in [3.05, 3.63) is 41.1 Å². The van der Waals surface area contributed by atoms with Gasteiger partial charge in [0.05, 0.1) is 12.6 Å². The maximum Gasteiger partial charge on any atom is 0.411 e. The minimum atomic E-state index is -4.39. The van der Waals surface area contributed by atoms with Crippen LogP contribution in [0.3, 0.4) is 0 Å². The van der Waals surface area contributed by atoms with Crippen molar-refractivity contribution in [2.75, 3.05) is 13.2 Å². The quantitative estimate of drug-likeness (QED) is 0.847. The Bertz CT molecular complexity index is 786. The van der Waals surface area contributed by atoms with E-state index in [1.807, 2.05) is 24.3 Å². The van der Waals surface area contributed by atoms with E-state index in [1.54, 1.807) is 6.92 Å². The van der Waals surface area contributed by atoms with Crippen LogP contribution in [0.25, 0.3) is 11.3 Å². The van der Waals surface area contributed by atoms with Crippen LogP contribution in [0.4, 0.5) is 13.2 Å². The zero-order valence-corrected chi connectivity index (χ0v) is 14.2. The van der Waals surface area contributed by atoms with Crippen LogP contribution in [0.15, 0.2) is 28.8 Å². The molecule has 0 aliphatic heterocycles. The zero-order chi connectivity index (χ0) is 18.7. The molecular weight excluding hydrogens is 349 g/mol. The van der Waals surface area contributed by atoms with Gasteiger partial charge in [0.15, 0.2) is 11.5 Å². The third-order valence-corrected chi connectivity index (χ3v) is 4.32. The van der Waals surface area contributed by atoms with Gasteiger partial charge in [-0.05, 0) is 24.8 Å². The number of aromatic nitrogens is 1. The summed E-state index contributed by atoms with van der Waals surface area (Å²) in [6.07, 6.45) is -2.55. The summed E-state index contributed by atoms with van der Waals surface area (Å²) in [6.45, 7) is 0.205. The van der Waals surface area contributed by atoms with E-state index in [9.17, 15) is 18.0 Å². The standard InChI is InChI=1S/C18H19F3N2O3/c1-2-12(9-25-10-18(19,20)21)22-17(24)15-14-8-7-11-5-3-4-6-13(11)16(14)26-23-15/h3-6,12H,2,7-10H2,1H3,(H,22,24). The lowest BCUT2D eigenvalue weighted by Crippen LogP contribution is -2.39. The normalized spacial score (nSPS) is 14.5. The van der Waals surface area contributed by atoms with Gasteiger partial charge in [-0.1, -0.05) is 36.3 Å². The lowest BCUT2D eigenvalue weighted by atomic mass is 9.89. The van der Waals surface area contributed by atoms with Gasteiger partial charge in [-0.25, -0.2) is 0 Å². The van der Waals surface area contributed by atoms with E-state index >= 15 is 0 Å². The Morgan fingerprint density at radius 3 is 2.85 bits per heavy atom. The average Bonchev–Trinajstić information content (AvgIpc) is 3.04. The molecule has 0 bridgehead atoms. The molecule has 26 heavy (non-hydrogen) atoms. The van der Waals surface area contributed by atoms with E-state index in [-0.39, 0.29) is 12.3 Å². The van der Waals surface area contributed by atoms with Crippen LogP contribution < -0.4 is 5.32 Å². The lowest BCUT2D eigenvalue weighted by Gasteiger charge is -2.18. The third-order valence-electron chi connectivity index (χ3n) is 4.32. The van der Waals surface area contributed by atoms with Gasteiger partial charge in [-0.15, -0.1) is 0 Å². The number of carbonyl (C=O) groups is 1. The predicted molar refractivity (Wildman–Crippen MR) is 87.8 cm³/mol. The zero-order valence-electron chi connectivity index (χ0n) is 14.2. The summed E-state index contributed by atoms with van der Waals surface area (Å²) in [5, 5.41) is 6.57. The molecule has 5 nitrogen and oxygen atoms in total. The molecule has 0 radical (unpaired) electrons. The number of ether oxygens (including phenoxy) is 1. The van der Waals surface area contributed by atoms with Crippen molar-refractivity contribution >= 4 is 5.91 Å². The summed E-state index contributed by atoms with van der Waals surface area (Å²) in [7, 11) is 0. The average molecular weight is 368 g/mol. The number of alkyl halides is 3. The summed E-state index contributed by atoms with van der Waals surface area (Å²) < 4.78 is 46.5. The first kappa shape index (κ1) is 18.4. The van der Waals surface area contributed by atoms with Gasteiger partial charge in [0.1, 0.15) is 6.61 Å². The molecule has 2 aromatic rings. The second-order valence-corrected chi connectivity index (χ2v) is 6.20. The molecule has 1 amide bonds. The van der Waals surface area contributed by atoms with Crippen LogP contribution >= 0.6 is 0 Å². The Kier molecular flexibility index (Phi) is 5.31. The third kappa shape index (κ3) is 4.07. The van der Waals surface area contributed by atoms with Crippen molar-refractivity contribution in [3.63, 3.8) is 0 Å². The lowest BCUT2D eigenvalue weighted by molar-refractivity contribution is -0.175. The molecule has 1 unspecified atom stereocenters. The van der Waals surface area contributed by atoms with E-state index in [2.05, 4.69) is 15.2 Å². The number of nitrogens with zero attached hydrogens (tertiary/aromatic N) is 1. The highest BCUT2D eigenvalue weighted by Gasteiger charge is 2.30. The fraction of sp³-hybridized carbons (Fsp3) is 0.444. The summed E-state index contributed by atoms with van der Waals surface area (Å²) >= 11 is 0. The largest absolute Gasteiger partial charge is 0.411 e. The molecule has 0 saturated heterocycles. The fourth-order valence-corrected chi connectivity index (χ4v) is 2.98. The predicted octanol–water partition coefficient (Wildman–Crippen LogP) is 3.53. The van der Waals surface area contributed by atoms with Gasteiger partial charge in [0.25, 0.3) is 5.91 Å². The molecule has 3 rings (SSSR count). The van der Waals surface area contributed by atoms with Crippen molar-refractivity contribution in [2.45, 2.75) is 38.4 Å². The van der Waals surface area contributed by atoms with Gasteiger partial charge >= 0.3 is 6.18 Å². The summed E-state index contributed by atoms with van der Waals surface area (Å²) in [5.74, 6) is 0.121. The second kappa shape index (κ2) is 7.49. The van der Waals surface area contributed by atoms with Gasteiger partial charge in [-0.3, -0.25) is 4.79 Å². The topological polar surface area (TPSA) is 64.4 Å². The summed E-state index contributed by atoms with van der Waals surface area (Å²) in [5.41, 5.74) is 2.96. The van der Waals surface area contributed by atoms with Crippen molar-refractivity contribution < 1.29 is 27.2 Å². The van der Waals surface area contributed by atoms with E-state index in [4.69, 9.17) is 4.52 Å². The highest BCUT2D eigenvalue weighted by molar-refractivity contribution is 5.95. The van der Waals surface area contributed by atoms with Gasteiger partial charge in [0, 0.05) is 11.1 Å². The number of carbonyl (C=O) groups excluding carboxylic acids is 1. The van der Waals surface area contributed by atoms with E-state index < -0.39 is 24.7 Å². The van der Waals surface area contributed by atoms with Crippen LogP contribution in [0.5, 0.6) is 0 Å². The van der Waals surface area contributed by atoms with E-state index in [1.165, 1.54) is 0 Å². The number of nitrogens with one attached hydrogen (secondary N) is 1. The fourth-order valence-electron chi connectivity index (χ4n) is 2.98. The first-order valence-electron chi connectivity index (χ1n) is 8.41. The molecule has 1 aliphatic carbocycles. The van der Waals surface area contributed by atoms with Gasteiger partial charge < -0.3 is 14.6 Å². The van der Waals surface area contributed by atoms with E-state index in [0.29, 0.717) is 18.6 Å². The van der Waals surface area contributed by atoms with Crippen LogP contribution in [0.2, 0.25) is 0 Å². The van der Waals surface area contributed by atoms with Crippen molar-refractivity contribution in [2.24, 2.45) is 0 Å². The van der Waals surface area contributed by atoms with Crippen LogP contribution in [0.1, 0.15) is 35.0 Å². The maximum atomic E-state index is 12.5. The molecule has 1 aromatic heterocycles. The monoisotopic (exact) mass is 368 g/mol. The van der Waals surface area contributed by atoms with Gasteiger partial charge in [-0.2, -0.15) is 13.2 Å². The summed E-state index contributed by atoms with van der Waals surface area (Å²) in [4.78, 5) is 12.5. The van der Waals surface area contributed by atoms with Crippen LogP contribution in [0, 0.1) is 0 Å². The Labute approximate surface area is 148 Å². The SMILES string of the molecule is CCC(COCC(F)(F)F)NC(=O)c1noc2c1CCc1ccccc1-2. The number of fused-ring (bicyclic) bond motifs is 3. The van der Waals surface area contributed by atoms with Crippen LogP contribution in [-0.4, -0.2) is 36.5 Å². The molecule has 0 saturated carbocycles. The van der Waals surface area contributed by atoms with E-state index in [0.717, 1.165) is 23.1 Å². The minimum Gasteiger partial charge on any atom is -0.370 e. The number of amides is 1. The smallest absolute Gasteiger partial charge is 0.370 e. The highest BCUT2D eigenvalue weighted by Crippen LogP contribution is 2.35. The molecule has 1 atom stereocenters. The first-order chi connectivity index (χ1) is 12.4. The number of hydrogen-bond acceptors (Lipinski definition) is 4. The Morgan fingerprint density at radius 2 is 2.12 bits per heavy atom. The molecule has 1 aliphatic rings. The highest BCUT2D eigenvalue weighted by atomic mass is 19.4. The van der Waals surface area contributed by atoms with Crippen molar-refractivity contribution in [1.82, 2.24) is 10.5 Å². The molecular formula is C18H19F3N2O3. The molecule has 1 N–H and O–H groups in total. The second-order valence-electron chi connectivity index (χ2n) is 6.20. The number of rotatable bonds is 6.